The maximum Gasteiger partial charge on any atom is 0.145 e. The first-order chi connectivity index (χ1) is 14.1. The predicted molar refractivity (Wildman–Crippen MR) is 116 cm³/mol. The Labute approximate surface area is 175 Å². The molecule has 0 radical (unpaired) electrons. The van der Waals surface area contributed by atoms with Crippen LogP contribution in [0.5, 0.6) is 11.5 Å². The number of pyridine rings is 1. The van der Waals surface area contributed by atoms with Gasteiger partial charge >= 0.3 is 0 Å². The van der Waals surface area contributed by atoms with Gasteiger partial charge in [0.05, 0.1) is 26.0 Å². The molecule has 0 saturated carbocycles. The van der Waals surface area contributed by atoms with E-state index in [1.807, 2.05) is 36.4 Å². The van der Waals surface area contributed by atoms with Crippen LogP contribution < -0.4 is 9.47 Å². The molecule has 1 aliphatic rings. The zero-order valence-corrected chi connectivity index (χ0v) is 17.4. The van der Waals surface area contributed by atoms with Gasteiger partial charge in [0.2, 0.25) is 0 Å². The molecule has 0 aliphatic carbocycles. The molecule has 6 heteroatoms. The van der Waals surface area contributed by atoms with E-state index in [2.05, 4.69) is 11.0 Å². The molecule has 1 saturated heterocycles. The van der Waals surface area contributed by atoms with E-state index >= 15 is 0 Å². The lowest BCUT2D eigenvalue weighted by molar-refractivity contribution is 0.0793. The average molecular weight is 413 g/mol. The number of benzene rings is 2. The van der Waals surface area contributed by atoms with E-state index in [9.17, 15) is 5.11 Å². The van der Waals surface area contributed by atoms with Gasteiger partial charge in [-0.3, -0.25) is 4.90 Å². The van der Waals surface area contributed by atoms with Crippen molar-refractivity contribution < 1.29 is 14.6 Å². The second kappa shape index (κ2) is 8.57. The number of aromatic nitrogens is 1. The van der Waals surface area contributed by atoms with Gasteiger partial charge in [-0.15, -0.1) is 0 Å². The van der Waals surface area contributed by atoms with Crippen molar-refractivity contribution >= 4 is 22.5 Å². The van der Waals surface area contributed by atoms with Gasteiger partial charge < -0.3 is 14.6 Å². The molecule has 4 rings (SSSR count). The first kappa shape index (κ1) is 20.0. The highest BCUT2D eigenvalue weighted by molar-refractivity contribution is 6.30. The van der Waals surface area contributed by atoms with Crippen LogP contribution in [0, 0.1) is 0 Å². The Balaban J connectivity index is 1.87. The molecule has 1 aliphatic heterocycles. The Morgan fingerprint density at radius 2 is 1.79 bits per heavy atom. The van der Waals surface area contributed by atoms with E-state index in [0.717, 1.165) is 65.9 Å². The minimum Gasteiger partial charge on any atom is -0.496 e. The number of aliphatic hydroxyl groups excluding tert-OH is 1. The van der Waals surface area contributed by atoms with Crippen molar-refractivity contribution in [1.82, 2.24) is 9.88 Å². The van der Waals surface area contributed by atoms with Crippen molar-refractivity contribution in [1.29, 1.82) is 0 Å². The minimum atomic E-state index is -0.197. The average Bonchev–Trinajstić information content (AvgIpc) is 2.74. The van der Waals surface area contributed by atoms with E-state index in [1.165, 1.54) is 0 Å². The number of nitrogens with zero attached hydrogens (tertiary/aromatic N) is 2. The smallest absolute Gasteiger partial charge is 0.145 e. The molecule has 1 fully saturated rings. The Morgan fingerprint density at radius 3 is 2.48 bits per heavy atom. The van der Waals surface area contributed by atoms with Crippen molar-refractivity contribution in [2.45, 2.75) is 25.5 Å². The predicted octanol–water partition coefficient (Wildman–Crippen LogP) is 4.53. The molecule has 5 nitrogen and oxygen atoms in total. The fourth-order valence-corrected chi connectivity index (χ4v) is 4.11. The number of methoxy groups -OCH3 is 2. The molecule has 1 N–H and O–H groups in total. The van der Waals surface area contributed by atoms with Gasteiger partial charge in [0, 0.05) is 35.6 Å². The quantitative estimate of drug-likeness (QED) is 0.667. The molecular weight excluding hydrogens is 388 g/mol. The van der Waals surface area contributed by atoms with Gasteiger partial charge in [-0.1, -0.05) is 23.7 Å². The lowest BCUT2D eigenvalue weighted by Crippen LogP contribution is -2.35. The van der Waals surface area contributed by atoms with Gasteiger partial charge in [-0.05, 0) is 48.7 Å². The zero-order chi connectivity index (χ0) is 20.4. The van der Waals surface area contributed by atoms with Crippen LogP contribution in [0.2, 0.25) is 5.02 Å². The third-order valence-corrected chi connectivity index (χ3v) is 5.71. The summed E-state index contributed by atoms with van der Waals surface area (Å²) in [6.45, 7) is 2.48. The summed E-state index contributed by atoms with van der Waals surface area (Å²) in [7, 11) is 3.31. The summed E-state index contributed by atoms with van der Waals surface area (Å²) in [4.78, 5) is 7.36. The first-order valence-electron chi connectivity index (χ1n) is 9.80. The fraction of sp³-hybridized carbons (Fsp3) is 0.348. The van der Waals surface area contributed by atoms with Crippen molar-refractivity contribution in [3.63, 3.8) is 0 Å². The molecule has 2 aromatic carbocycles. The molecule has 1 aromatic heterocycles. The van der Waals surface area contributed by atoms with Crippen LogP contribution >= 0.6 is 11.6 Å². The maximum atomic E-state index is 9.84. The van der Waals surface area contributed by atoms with Crippen LogP contribution in [0.1, 0.15) is 18.4 Å². The summed E-state index contributed by atoms with van der Waals surface area (Å²) in [5.74, 6) is 1.47. The van der Waals surface area contributed by atoms with Crippen molar-refractivity contribution in [2.24, 2.45) is 0 Å². The van der Waals surface area contributed by atoms with Crippen LogP contribution in [0.25, 0.3) is 22.2 Å². The topological polar surface area (TPSA) is 54.8 Å². The van der Waals surface area contributed by atoms with E-state index in [4.69, 9.17) is 26.1 Å². The number of fused-ring (bicyclic) bond motifs is 1. The molecule has 0 atom stereocenters. The third kappa shape index (κ3) is 4.17. The van der Waals surface area contributed by atoms with Crippen molar-refractivity contribution in [3.8, 4) is 22.8 Å². The number of hydrogen-bond donors (Lipinski definition) is 1. The maximum absolute atomic E-state index is 9.84. The number of ether oxygens (including phenoxy) is 2. The first-order valence-corrected chi connectivity index (χ1v) is 10.2. The van der Waals surface area contributed by atoms with Gasteiger partial charge in [0.1, 0.15) is 17.0 Å². The molecule has 0 amide bonds. The van der Waals surface area contributed by atoms with E-state index < -0.39 is 0 Å². The highest BCUT2D eigenvalue weighted by Crippen LogP contribution is 2.36. The van der Waals surface area contributed by atoms with Crippen molar-refractivity contribution in [3.05, 3.63) is 53.1 Å². The number of likely N-dealkylation sites (tertiary alicyclic amines) is 1. The van der Waals surface area contributed by atoms with E-state index in [0.29, 0.717) is 10.8 Å². The second-order valence-electron chi connectivity index (χ2n) is 7.38. The zero-order valence-electron chi connectivity index (χ0n) is 16.7. The highest BCUT2D eigenvalue weighted by Gasteiger charge is 2.21. The van der Waals surface area contributed by atoms with Crippen molar-refractivity contribution in [2.75, 3.05) is 27.3 Å². The molecular formula is C23H25ClN2O3. The monoisotopic (exact) mass is 412 g/mol. The Morgan fingerprint density at radius 1 is 1.07 bits per heavy atom. The van der Waals surface area contributed by atoms with Crippen LogP contribution in [-0.4, -0.2) is 48.4 Å². The molecule has 0 spiro atoms. The summed E-state index contributed by atoms with van der Waals surface area (Å²) in [6, 6.07) is 13.7. The highest BCUT2D eigenvalue weighted by atomic mass is 35.5. The summed E-state index contributed by atoms with van der Waals surface area (Å²) >= 11 is 6.27. The van der Waals surface area contributed by atoms with Crippen LogP contribution in [0.15, 0.2) is 42.5 Å². The largest absolute Gasteiger partial charge is 0.496 e. The molecule has 152 valence electrons. The Hall–Kier alpha value is -2.34. The second-order valence-corrected chi connectivity index (χ2v) is 7.82. The van der Waals surface area contributed by atoms with Gasteiger partial charge in [-0.2, -0.15) is 0 Å². The van der Waals surface area contributed by atoms with E-state index in [1.54, 1.807) is 14.2 Å². The van der Waals surface area contributed by atoms with Crippen LogP contribution in [-0.2, 0) is 6.54 Å². The molecule has 0 unspecified atom stereocenters. The Kier molecular flexibility index (Phi) is 5.90. The lowest BCUT2D eigenvalue weighted by Gasteiger charge is -2.30. The number of aliphatic hydroxyl groups is 1. The number of rotatable bonds is 5. The summed E-state index contributed by atoms with van der Waals surface area (Å²) < 4.78 is 11.1. The van der Waals surface area contributed by atoms with Crippen LogP contribution in [0.3, 0.4) is 0 Å². The van der Waals surface area contributed by atoms with Gasteiger partial charge in [-0.25, -0.2) is 4.98 Å². The summed E-state index contributed by atoms with van der Waals surface area (Å²) in [5.41, 5.74) is 3.72. The molecule has 0 bridgehead atoms. The fourth-order valence-electron chi connectivity index (χ4n) is 3.92. The molecule has 2 heterocycles. The lowest BCUT2D eigenvalue weighted by atomic mass is 10.0. The van der Waals surface area contributed by atoms with Crippen LogP contribution in [0.4, 0.5) is 0 Å². The standard InChI is InChI=1S/C23H25ClN2O3/c1-28-20-6-7-21(29-2)23-19(20)13-16(14-26-10-8-18(27)9-11-26)22(25-23)15-4-3-5-17(24)12-15/h3-7,12-13,18,27H,8-11,14H2,1-2H3. The number of piperidine rings is 1. The third-order valence-electron chi connectivity index (χ3n) is 5.48. The number of hydrogen-bond acceptors (Lipinski definition) is 5. The molecule has 29 heavy (non-hydrogen) atoms. The normalized spacial score (nSPS) is 15.6. The molecule has 3 aromatic rings. The van der Waals surface area contributed by atoms with Gasteiger partial charge in [0.15, 0.2) is 0 Å². The van der Waals surface area contributed by atoms with E-state index in [-0.39, 0.29) is 6.10 Å². The summed E-state index contributed by atoms with van der Waals surface area (Å²) in [5, 5.41) is 11.4. The van der Waals surface area contributed by atoms with Gasteiger partial charge in [0.25, 0.3) is 0 Å². The SMILES string of the molecule is COc1ccc(OC)c2nc(-c3cccc(Cl)c3)c(CN3CCC(O)CC3)cc12. The summed E-state index contributed by atoms with van der Waals surface area (Å²) in [6.07, 6.45) is 1.40. The minimum absolute atomic E-state index is 0.197. The number of halogens is 1. The Bertz CT molecular complexity index is 1020.